The Morgan fingerprint density at radius 1 is 1.28 bits per heavy atom. The van der Waals surface area contributed by atoms with Crippen LogP contribution in [0.15, 0.2) is 0 Å². The second kappa shape index (κ2) is 6.80. The molecule has 1 atom stereocenters. The van der Waals surface area contributed by atoms with Gasteiger partial charge < -0.3 is 10.6 Å². The molecule has 0 aromatic heterocycles. The molecule has 4 heteroatoms. The number of carbonyl (C=O) groups excluding carboxylic acids is 1. The van der Waals surface area contributed by atoms with Crippen molar-refractivity contribution in [1.29, 1.82) is 0 Å². The highest BCUT2D eigenvalue weighted by molar-refractivity contribution is 8.00. The molecule has 0 bridgehead atoms. The average molecular weight is 270 g/mol. The van der Waals surface area contributed by atoms with Crippen molar-refractivity contribution in [2.45, 2.75) is 62.2 Å². The first-order chi connectivity index (χ1) is 8.76. The maximum Gasteiger partial charge on any atom is 0.237 e. The number of hydrogen-bond donors (Lipinski definition) is 2. The second-order valence-corrected chi connectivity index (χ2v) is 6.94. The van der Waals surface area contributed by atoms with Crippen molar-refractivity contribution in [2.24, 2.45) is 0 Å². The van der Waals surface area contributed by atoms with Crippen molar-refractivity contribution in [3.05, 3.63) is 0 Å². The van der Waals surface area contributed by atoms with E-state index in [0.29, 0.717) is 4.75 Å². The molecule has 1 aliphatic heterocycles. The van der Waals surface area contributed by atoms with Gasteiger partial charge in [0.2, 0.25) is 5.91 Å². The first-order valence-electron chi connectivity index (χ1n) is 7.32. The van der Waals surface area contributed by atoms with Gasteiger partial charge in [0.15, 0.2) is 0 Å². The summed E-state index contributed by atoms with van der Waals surface area (Å²) >= 11 is 1.99. The van der Waals surface area contributed by atoms with Gasteiger partial charge >= 0.3 is 0 Å². The summed E-state index contributed by atoms with van der Waals surface area (Å²) in [6, 6.07) is 0.0402. The van der Waals surface area contributed by atoms with E-state index in [0.717, 1.165) is 32.4 Å². The molecule has 18 heavy (non-hydrogen) atoms. The van der Waals surface area contributed by atoms with E-state index in [1.165, 1.54) is 32.1 Å². The Labute approximate surface area is 115 Å². The molecule has 1 saturated heterocycles. The summed E-state index contributed by atoms with van der Waals surface area (Å²) in [6.07, 6.45) is 12.2. The van der Waals surface area contributed by atoms with Gasteiger partial charge in [-0.2, -0.15) is 11.8 Å². The Balaban J connectivity index is 1.86. The van der Waals surface area contributed by atoms with Crippen LogP contribution in [0.3, 0.4) is 0 Å². The van der Waals surface area contributed by atoms with Crippen molar-refractivity contribution in [1.82, 2.24) is 10.6 Å². The van der Waals surface area contributed by atoms with Gasteiger partial charge in [-0.05, 0) is 38.4 Å². The lowest BCUT2D eigenvalue weighted by Crippen LogP contribution is -2.49. The van der Waals surface area contributed by atoms with Crippen molar-refractivity contribution < 1.29 is 4.79 Å². The first kappa shape index (κ1) is 14.2. The van der Waals surface area contributed by atoms with Crippen LogP contribution in [0, 0.1) is 0 Å². The third kappa shape index (κ3) is 3.64. The van der Waals surface area contributed by atoms with Crippen molar-refractivity contribution in [2.75, 3.05) is 19.3 Å². The Hall–Kier alpha value is -0.220. The third-order valence-corrected chi connectivity index (χ3v) is 5.82. The van der Waals surface area contributed by atoms with Crippen LogP contribution in [0.25, 0.3) is 0 Å². The summed E-state index contributed by atoms with van der Waals surface area (Å²) in [7, 11) is 0. The summed E-state index contributed by atoms with van der Waals surface area (Å²) < 4.78 is 0.380. The van der Waals surface area contributed by atoms with Gasteiger partial charge in [0, 0.05) is 17.8 Å². The molecule has 1 aliphatic carbocycles. The van der Waals surface area contributed by atoms with Crippen molar-refractivity contribution in [3.8, 4) is 0 Å². The number of hydrogen-bond acceptors (Lipinski definition) is 3. The van der Waals surface area contributed by atoms with E-state index in [1.54, 1.807) is 0 Å². The van der Waals surface area contributed by atoms with Gasteiger partial charge in [0.1, 0.15) is 0 Å². The van der Waals surface area contributed by atoms with Crippen LogP contribution in [0.5, 0.6) is 0 Å². The van der Waals surface area contributed by atoms with Crippen molar-refractivity contribution >= 4 is 17.7 Å². The number of amides is 1. The number of nitrogens with one attached hydrogen (secondary N) is 2. The predicted molar refractivity (Wildman–Crippen MR) is 78.0 cm³/mol. The van der Waals surface area contributed by atoms with Crippen LogP contribution < -0.4 is 10.6 Å². The number of carbonyl (C=O) groups is 1. The first-order valence-corrected chi connectivity index (χ1v) is 8.54. The van der Waals surface area contributed by atoms with Gasteiger partial charge in [-0.25, -0.2) is 0 Å². The molecular formula is C14H26N2OS. The summed E-state index contributed by atoms with van der Waals surface area (Å²) in [5, 5.41) is 6.54. The van der Waals surface area contributed by atoms with E-state index in [4.69, 9.17) is 0 Å². The maximum atomic E-state index is 11.9. The highest BCUT2D eigenvalue weighted by Crippen LogP contribution is 2.38. The molecule has 0 aromatic carbocycles. The van der Waals surface area contributed by atoms with E-state index in [2.05, 4.69) is 16.9 Å². The SMILES string of the molecule is CSC1(CNC2CCCCNC2=O)CCCCC1. The minimum Gasteiger partial charge on any atom is -0.355 e. The fourth-order valence-electron chi connectivity index (χ4n) is 3.09. The molecule has 1 saturated carbocycles. The van der Waals surface area contributed by atoms with Gasteiger partial charge in [-0.1, -0.05) is 19.3 Å². The zero-order valence-electron chi connectivity index (χ0n) is 11.5. The maximum absolute atomic E-state index is 11.9. The molecule has 2 aliphatic rings. The zero-order chi connectivity index (χ0) is 12.8. The molecule has 2 fully saturated rings. The lowest BCUT2D eigenvalue weighted by molar-refractivity contribution is -0.122. The summed E-state index contributed by atoms with van der Waals surface area (Å²) in [4.78, 5) is 11.9. The van der Waals surface area contributed by atoms with E-state index in [-0.39, 0.29) is 11.9 Å². The second-order valence-electron chi connectivity index (χ2n) is 5.67. The summed E-state index contributed by atoms with van der Waals surface area (Å²) in [5.74, 6) is 0.208. The lowest BCUT2D eigenvalue weighted by atomic mass is 9.88. The predicted octanol–water partition coefficient (Wildman–Crippen LogP) is 2.31. The van der Waals surface area contributed by atoms with Crippen molar-refractivity contribution in [3.63, 3.8) is 0 Å². The number of rotatable bonds is 4. The molecule has 3 nitrogen and oxygen atoms in total. The summed E-state index contributed by atoms with van der Waals surface area (Å²) in [5.41, 5.74) is 0. The molecule has 1 unspecified atom stereocenters. The fraction of sp³-hybridized carbons (Fsp3) is 0.929. The molecule has 0 aromatic rings. The van der Waals surface area contributed by atoms with Gasteiger partial charge in [0.05, 0.1) is 6.04 Å². The van der Waals surface area contributed by atoms with Crippen LogP contribution in [0.2, 0.25) is 0 Å². The Morgan fingerprint density at radius 2 is 2.06 bits per heavy atom. The van der Waals surface area contributed by atoms with Crippen LogP contribution in [-0.2, 0) is 4.79 Å². The topological polar surface area (TPSA) is 41.1 Å². The molecule has 1 amide bonds. The minimum atomic E-state index is 0.0402. The minimum absolute atomic E-state index is 0.0402. The lowest BCUT2D eigenvalue weighted by Gasteiger charge is -2.37. The van der Waals surface area contributed by atoms with E-state index in [9.17, 15) is 4.79 Å². The van der Waals surface area contributed by atoms with E-state index >= 15 is 0 Å². The normalized spacial score (nSPS) is 28.5. The monoisotopic (exact) mass is 270 g/mol. The van der Waals surface area contributed by atoms with Gasteiger partial charge in [0.25, 0.3) is 0 Å². The van der Waals surface area contributed by atoms with Crippen LogP contribution in [0.1, 0.15) is 51.4 Å². The molecule has 0 radical (unpaired) electrons. The Morgan fingerprint density at radius 3 is 2.78 bits per heavy atom. The molecular weight excluding hydrogens is 244 g/mol. The molecule has 0 spiro atoms. The zero-order valence-corrected chi connectivity index (χ0v) is 12.3. The molecule has 104 valence electrons. The van der Waals surface area contributed by atoms with Crippen LogP contribution >= 0.6 is 11.8 Å². The van der Waals surface area contributed by atoms with Crippen LogP contribution in [0.4, 0.5) is 0 Å². The highest BCUT2D eigenvalue weighted by atomic mass is 32.2. The molecule has 2 rings (SSSR count). The Bertz CT molecular complexity index is 277. The van der Waals surface area contributed by atoms with Gasteiger partial charge in [-0.3, -0.25) is 4.79 Å². The standard InChI is InChI=1S/C14H26N2OS/c1-18-14(8-4-2-5-9-14)11-16-12-7-3-6-10-15-13(12)17/h12,16H,2-11H2,1H3,(H,15,17). The van der Waals surface area contributed by atoms with Gasteiger partial charge in [-0.15, -0.1) is 0 Å². The average Bonchev–Trinajstić information content (AvgIpc) is 2.62. The fourth-order valence-corrected chi connectivity index (χ4v) is 4.02. The van der Waals surface area contributed by atoms with E-state index < -0.39 is 0 Å². The Kier molecular flexibility index (Phi) is 5.37. The molecule has 2 N–H and O–H groups in total. The highest BCUT2D eigenvalue weighted by Gasteiger charge is 2.32. The largest absolute Gasteiger partial charge is 0.355 e. The smallest absolute Gasteiger partial charge is 0.237 e. The third-order valence-electron chi connectivity index (χ3n) is 4.40. The van der Waals surface area contributed by atoms with Crippen LogP contribution in [-0.4, -0.2) is 36.0 Å². The quantitative estimate of drug-likeness (QED) is 0.823. The van der Waals surface area contributed by atoms with E-state index in [1.807, 2.05) is 11.8 Å². The summed E-state index contributed by atoms with van der Waals surface area (Å²) in [6.45, 7) is 1.84. The number of thioether (sulfide) groups is 1. The molecule has 1 heterocycles.